The predicted molar refractivity (Wildman–Crippen MR) is 107 cm³/mol. The summed E-state index contributed by atoms with van der Waals surface area (Å²) in [5, 5.41) is 7.27. The van der Waals surface area contributed by atoms with Crippen LogP contribution >= 0.6 is 0 Å². The summed E-state index contributed by atoms with van der Waals surface area (Å²) in [4.78, 5) is 44.3. The maximum atomic E-state index is 13.3. The van der Waals surface area contributed by atoms with E-state index in [1.165, 1.54) is 4.90 Å². The first-order valence-corrected chi connectivity index (χ1v) is 10.9. The van der Waals surface area contributed by atoms with Gasteiger partial charge in [-0.15, -0.1) is 0 Å². The standard InChI is InChI=1S/C21H31N5O3/c1-4-10-25-19(28)21(26(20(25)29)13-14(2)3)8-11-24(12-9-21)18(27)17-15-6-5-7-16(15)22-23-17/h14H,4-13H2,1-3H3,(H,22,23). The van der Waals surface area contributed by atoms with E-state index < -0.39 is 5.54 Å². The number of rotatable bonds is 5. The molecule has 8 nitrogen and oxygen atoms in total. The van der Waals surface area contributed by atoms with Gasteiger partial charge in [0, 0.05) is 37.4 Å². The maximum Gasteiger partial charge on any atom is 0.327 e. The van der Waals surface area contributed by atoms with Crippen LogP contribution < -0.4 is 0 Å². The lowest BCUT2D eigenvalue weighted by atomic mass is 9.85. The van der Waals surface area contributed by atoms with Gasteiger partial charge in [-0.3, -0.25) is 19.6 Å². The van der Waals surface area contributed by atoms with Crippen molar-refractivity contribution in [1.29, 1.82) is 0 Å². The highest BCUT2D eigenvalue weighted by Crippen LogP contribution is 2.38. The van der Waals surface area contributed by atoms with Crippen molar-refractivity contribution in [1.82, 2.24) is 24.9 Å². The number of aromatic nitrogens is 2. The fourth-order valence-corrected chi connectivity index (χ4v) is 5.03. The number of carbonyl (C=O) groups is 3. The van der Waals surface area contributed by atoms with Gasteiger partial charge in [-0.1, -0.05) is 20.8 Å². The van der Waals surface area contributed by atoms with E-state index in [1.54, 1.807) is 9.80 Å². The zero-order valence-corrected chi connectivity index (χ0v) is 17.7. The molecular weight excluding hydrogens is 370 g/mol. The molecule has 1 spiro atoms. The summed E-state index contributed by atoms with van der Waals surface area (Å²) >= 11 is 0. The van der Waals surface area contributed by atoms with Crippen molar-refractivity contribution in [2.75, 3.05) is 26.2 Å². The van der Waals surface area contributed by atoms with Gasteiger partial charge in [-0.25, -0.2) is 4.79 Å². The molecule has 1 aromatic heterocycles. The van der Waals surface area contributed by atoms with Gasteiger partial charge in [0.15, 0.2) is 5.69 Å². The molecule has 0 aromatic carbocycles. The van der Waals surface area contributed by atoms with Crippen molar-refractivity contribution in [3.8, 4) is 0 Å². The second kappa shape index (κ2) is 7.46. The van der Waals surface area contributed by atoms with Crippen molar-refractivity contribution in [2.45, 2.75) is 64.8 Å². The van der Waals surface area contributed by atoms with Crippen LogP contribution in [0.2, 0.25) is 0 Å². The Hall–Kier alpha value is -2.38. The Morgan fingerprint density at radius 1 is 1.21 bits per heavy atom. The molecule has 8 heteroatoms. The van der Waals surface area contributed by atoms with E-state index in [9.17, 15) is 14.4 Å². The molecule has 158 valence electrons. The van der Waals surface area contributed by atoms with E-state index in [-0.39, 0.29) is 23.8 Å². The second-order valence-corrected chi connectivity index (χ2v) is 8.95. The molecule has 2 saturated heterocycles. The number of nitrogens with one attached hydrogen (secondary N) is 1. The zero-order valence-electron chi connectivity index (χ0n) is 17.7. The minimum Gasteiger partial charge on any atom is -0.337 e. The number of urea groups is 1. The lowest BCUT2D eigenvalue weighted by Gasteiger charge is -2.42. The molecule has 0 radical (unpaired) electrons. The number of nitrogens with zero attached hydrogens (tertiary/aromatic N) is 4. The Labute approximate surface area is 171 Å². The first-order valence-electron chi connectivity index (χ1n) is 10.9. The number of piperidine rings is 1. The van der Waals surface area contributed by atoms with E-state index in [0.29, 0.717) is 44.7 Å². The quantitative estimate of drug-likeness (QED) is 0.766. The van der Waals surface area contributed by atoms with Crippen LogP contribution in [-0.2, 0) is 17.6 Å². The van der Waals surface area contributed by atoms with Crippen molar-refractivity contribution < 1.29 is 14.4 Å². The Balaban J connectivity index is 1.53. The molecule has 0 bridgehead atoms. The highest BCUT2D eigenvalue weighted by atomic mass is 16.2. The van der Waals surface area contributed by atoms with Crippen LogP contribution in [0.1, 0.15) is 68.2 Å². The Morgan fingerprint density at radius 3 is 2.59 bits per heavy atom. The van der Waals surface area contributed by atoms with E-state index >= 15 is 0 Å². The van der Waals surface area contributed by atoms with Gasteiger partial charge in [0.2, 0.25) is 0 Å². The van der Waals surface area contributed by atoms with Gasteiger partial charge in [-0.05, 0) is 44.4 Å². The highest BCUT2D eigenvalue weighted by Gasteiger charge is 2.58. The highest BCUT2D eigenvalue weighted by molar-refractivity contribution is 6.07. The number of amides is 4. The summed E-state index contributed by atoms with van der Waals surface area (Å²) in [6.45, 7) is 8.04. The van der Waals surface area contributed by atoms with Crippen LogP contribution in [0.15, 0.2) is 0 Å². The molecular formula is C21H31N5O3. The van der Waals surface area contributed by atoms with E-state index in [2.05, 4.69) is 24.0 Å². The van der Waals surface area contributed by atoms with Crippen LogP contribution in [0, 0.1) is 5.92 Å². The minimum absolute atomic E-state index is 0.0585. The fourth-order valence-electron chi connectivity index (χ4n) is 5.03. The molecule has 3 aliphatic rings. The molecule has 0 atom stereocenters. The maximum absolute atomic E-state index is 13.3. The number of likely N-dealkylation sites (tertiary alicyclic amines) is 1. The van der Waals surface area contributed by atoms with Crippen LogP contribution in [0.25, 0.3) is 0 Å². The number of H-pyrrole nitrogens is 1. The molecule has 0 unspecified atom stereocenters. The number of hydrogen-bond acceptors (Lipinski definition) is 4. The number of aromatic amines is 1. The van der Waals surface area contributed by atoms with Crippen molar-refractivity contribution in [3.63, 3.8) is 0 Å². The number of fused-ring (bicyclic) bond motifs is 1. The zero-order chi connectivity index (χ0) is 20.8. The van der Waals surface area contributed by atoms with Gasteiger partial charge in [-0.2, -0.15) is 5.10 Å². The summed E-state index contributed by atoms with van der Waals surface area (Å²) in [6.07, 6.45) is 4.63. The molecule has 1 aromatic rings. The topological polar surface area (TPSA) is 89.6 Å². The van der Waals surface area contributed by atoms with Gasteiger partial charge in [0.25, 0.3) is 11.8 Å². The van der Waals surface area contributed by atoms with E-state index in [4.69, 9.17) is 0 Å². The van der Waals surface area contributed by atoms with Gasteiger partial charge in [0.1, 0.15) is 5.54 Å². The molecule has 2 fully saturated rings. The minimum atomic E-state index is -0.805. The first-order chi connectivity index (χ1) is 13.9. The van der Waals surface area contributed by atoms with Gasteiger partial charge >= 0.3 is 6.03 Å². The fraction of sp³-hybridized carbons (Fsp3) is 0.714. The average molecular weight is 402 g/mol. The molecule has 1 N–H and O–H groups in total. The summed E-state index contributed by atoms with van der Waals surface area (Å²) in [5.74, 6) is 0.131. The lowest BCUT2D eigenvalue weighted by molar-refractivity contribution is -0.135. The van der Waals surface area contributed by atoms with Crippen molar-refractivity contribution in [3.05, 3.63) is 17.0 Å². The lowest BCUT2D eigenvalue weighted by Crippen LogP contribution is -2.58. The molecule has 3 heterocycles. The van der Waals surface area contributed by atoms with Crippen LogP contribution in [-0.4, -0.2) is 74.5 Å². The van der Waals surface area contributed by atoms with Crippen molar-refractivity contribution in [2.24, 2.45) is 5.92 Å². The number of carbonyl (C=O) groups excluding carboxylic acids is 3. The normalized spacial score (nSPS) is 21.0. The monoisotopic (exact) mass is 401 g/mol. The summed E-state index contributed by atoms with van der Waals surface area (Å²) in [6, 6.07) is -0.171. The molecule has 4 amide bonds. The largest absolute Gasteiger partial charge is 0.337 e. The van der Waals surface area contributed by atoms with E-state index in [1.807, 2.05) is 6.92 Å². The Kier molecular flexibility index (Phi) is 5.12. The van der Waals surface area contributed by atoms with Crippen LogP contribution in [0.4, 0.5) is 4.79 Å². The average Bonchev–Trinajstić information content (AvgIpc) is 3.36. The summed E-state index contributed by atoms with van der Waals surface area (Å²) < 4.78 is 0. The number of aryl methyl sites for hydroxylation is 1. The third-order valence-electron chi connectivity index (χ3n) is 6.50. The second-order valence-electron chi connectivity index (χ2n) is 8.95. The predicted octanol–water partition coefficient (Wildman–Crippen LogP) is 2.20. The SMILES string of the molecule is CCCN1C(=O)N(CC(C)C)C2(CCN(C(=O)c3n[nH]c4c3CCC4)CC2)C1=O. The van der Waals surface area contributed by atoms with Crippen LogP contribution in [0.3, 0.4) is 0 Å². The molecule has 2 aliphatic heterocycles. The third-order valence-corrected chi connectivity index (χ3v) is 6.50. The van der Waals surface area contributed by atoms with Gasteiger partial charge in [0.05, 0.1) is 0 Å². The molecule has 0 saturated carbocycles. The third kappa shape index (κ3) is 3.13. The summed E-state index contributed by atoms with van der Waals surface area (Å²) in [7, 11) is 0. The number of imide groups is 1. The van der Waals surface area contributed by atoms with Crippen LogP contribution in [0.5, 0.6) is 0 Å². The van der Waals surface area contributed by atoms with Crippen molar-refractivity contribution >= 4 is 17.8 Å². The Morgan fingerprint density at radius 2 is 1.93 bits per heavy atom. The molecule has 1 aliphatic carbocycles. The summed E-state index contributed by atoms with van der Waals surface area (Å²) in [5.41, 5.74) is 1.87. The Bertz CT molecular complexity index is 822. The molecule has 29 heavy (non-hydrogen) atoms. The first kappa shape index (κ1) is 19.9. The smallest absolute Gasteiger partial charge is 0.327 e. The van der Waals surface area contributed by atoms with E-state index in [0.717, 1.165) is 36.9 Å². The van der Waals surface area contributed by atoms with Gasteiger partial charge < -0.3 is 9.80 Å². The number of hydrogen-bond donors (Lipinski definition) is 1. The molecule has 4 rings (SSSR count).